The second-order valence-corrected chi connectivity index (χ2v) is 3.66. The molecule has 1 heterocycles. The maximum Gasteiger partial charge on any atom is 0.327 e. The number of rotatable bonds is 3. The highest BCUT2D eigenvalue weighted by Gasteiger charge is 2.12. The van der Waals surface area contributed by atoms with Crippen molar-refractivity contribution >= 4 is 11.7 Å². The molecule has 7 nitrogen and oxygen atoms in total. The zero-order chi connectivity index (χ0) is 13.8. The summed E-state index contributed by atoms with van der Waals surface area (Å²) in [5.41, 5.74) is -0.993. The van der Waals surface area contributed by atoms with Crippen molar-refractivity contribution in [3.63, 3.8) is 0 Å². The number of ether oxygens (including phenoxy) is 1. The van der Waals surface area contributed by atoms with E-state index in [4.69, 9.17) is 4.74 Å². The van der Waals surface area contributed by atoms with Gasteiger partial charge in [0.05, 0.1) is 12.7 Å². The molecule has 0 bridgehead atoms. The Morgan fingerprint density at radius 3 is 2.63 bits per heavy atom. The van der Waals surface area contributed by atoms with E-state index in [1.54, 1.807) is 24.3 Å². The number of methoxy groups -OCH3 is 1. The maximum absolute atomic E-state index is 12.0. The molecular weight excluding hydrogens is 250 g/mol. The van der Waals surface area contributed by atoms with Crippen molar-refractivity contribution in [2.24, 2.45) is 0 Å². The number of amides is 1. The Kier molecular flexibility index (Phi) is 3.46. The predicted octanol–water partition coefficient (Wildman–Crippen LogP) is 0.324. The monoisotopic (exact) mass is 261 g/mol. The van der Waals surface area contributed by atoms with Crippen molar-refractivity contribution in [2.45, 2.75) is 0 Å². The van der Waals surface area contributed by atoms with Crippen LogP contribution in [-0.2, 0) is 0 Å². The summed E-state index contributed by atoms with van der Waals surface area (Å²) in [7, 11) is 1.45. The summed E-state index contributed by atoms with van der Waals surface area (Å²) in [6.07, 6.45) is 0. The van der Waals surface area contributed by atoms with Crippen molar-refractivity contribution in [1.82, 2.24) is 9.97 Å². The summed E-state index contributed by atoms with van der Waals surface area (Å²) in [6, 6.07) is 7.69. The van der Waals surface area contributed by atoms with E-state index in [1.807, 2.05) is 4.98 Å². The van der Waals surface area contributed by atoms with E-state index in [0.29, 0.717) is 11.3 Å². The van der Waals surface area contributed by atoms with E-state index >= 15 is 0 Å². The van der Waals surface area contributed by atoms with E-state index in [1.165, 1.54) is 7.11 Å². The first kappa shape index (κ1) is 12.6. The Morgan fingerprint density at radius 1 is 1.21 bits per heavy atom. The van der Waals surface area contributed by atoms with Gasteiger partial charge in [0.15, 0.2) is 0 Å². The van der Waals surface area contributed by atoms with Crippen LogP contribution in [0.1, 0.15) is 10.4 Å². The minimum absolute atomic E-state index is 0.0182. The molecule has 0 saturated carbocycles. The Labute approximate surface area is 107 Å². The lowest BCUT2D eigenvalue weighted by atomic mass is 10.2. The average molecular weight is 261 g/mol. The quantitative estimate of drug-likeness (QED) is 0.740. The van der Waals surface area contributed by atoms with Crippen LogP contribution in [-0.4, -0.2) is 23.0 Å². The van der Waals surface area contributed by atoms with Gasteiger partial charge in [0.1, 0.15) is 11.6 Å². The van der Waals surface area contributed by atoms with Crippen molar-refractivity contribution < 1.29 is 9.53 Å². The topological polar surface area (TPSA) is 104 Å². The third-order valence-corrected chi connectivity index (χ3v) is 2.36. The number of nitrogens with one attached hydrogen (secondary N) is 3. The fourth-order valence-electron chi connectivity index (χ4n) is 1.56. The van der Waals surface area contributed by atoms with Gasteiger partial charge in [0.25, 0.3) is 11.5 Å². The second-order valence-electron chi connectivity index (χ2n) is 3.66. The molecule has 0 radical (unpaired) electrons. The average Bonchev–Trinajstić information content (AvgIpc) is 2.37. The van der Waals surface area contributed by atoms with Crippen molar-refractivity contribution in [3.05, 3.63) is 56.7 Å². The Bertz CT molecular complexity index is 689. The number of anilines is 1. The molecule has 0 atom stereocenters. The zero-order valence-electron chi connectivity index (χ0n) is 10.0. The third-order valence-electron chi connectivity index (χ3n) is 2.36. The molecule has 1 aromatic carbocycles. The molecule has 3 N–H and O–H groups in total. The molecule has 2 aromatic rings. The SMILES string of the molecule is COc1ccccc1C(=O)Nc1cc(=O)[nH]c(=O)[nH]1. The van der Waals surface area contributed by atoms with Crippen LogP contribution in [0.2, 0.25) is 0 Å². The lowest BCUT2D eigenvalue weighted by Crippen LogP contribution is -2.24. The number of benzene rings is 1. The molecule has 2 rings (SSSR count). The molecule has 19 heavy (non-hydrogen) atoms. The molecule has 0 aliphatic carbocycles. The van der Waals surface area contributed by atoms with Crippen molar-refractivity contribution in [2.75, 3.05) is 12.4 Å². The Hall–Kier alpha value is -2.83. The van der Waals surface area contributed by atoms with E-state index in [9.17, 15) is 14.4 Å². The van der Waals surface area contributed by atoms with Gasteiger partial charge in [-0.25, -0.2) is 4.79 Å². The van der Waals surface area contributed by atoms with Gasteiger partial charge in [-0.3, -0.25) is 19.6 Å². The van der Waals surface area contributed by atoms with Crippen LogP contribution in [0.5, 0.6) is 5.75 Å². The number of hydrogen-bond donors (Lipinski definition) is 3. The molecule has 0 saturated heterocycles. The van der Waals surface area contributed by atoms with Crippen LogP contribution in [0.3, 0.4) is 0 Å². The minimum Gasteiger partial charge on any atom is -0.496 e. The summed E-state index contributed by atoms with van der Waals surface area (Å²) < 4.78 is 5.05. The summed E-state index contributed by atoms with van der Waals surface area (Å²) in [6.45, 7) is 0. The number of carbonyl (C=O) groups excluding carboxylic acids is 1. The molecule has 98 valence electrons. The van der Waals surface area contributed by atoms with Crippen LogP contribution in [0.4, 0.5) is 5.82 Å². The summed E-state index contributed by atoms with van der Waals surface area (Å²) >= 11 is 0. The van der Waals surface area contributed by atoms with E-state index < -0.39 is 17.2 Å². The number of para-hydroxylation sites is 1. The van der Waals surface area contributed by atoms with Crippen LogP contribution < -0.4 is 21.3 Å². The highest BCUT2D eigenvalue weighted by atomic mass is 16.5. The molecule has 7 heteroatoms. The Balaban J connectivity index is 2.30. The molecule has 0 fully saturated rings. The number of aromatic amines is 2. The first-order chi connectivity index (χ1) is 9.10. The lowest BCUT2D eigenvalue weighted by Gasteiger charge is -2.08. The van der Waals surface area contributed by atoms with Crippen LogP contribution in [0.25, 0.3) is 0 Å². The van der Waals surface area contributed by atoms with Gasteiger partial charge in [0, 0.05) is 6.07 Å². The fraction of sp³-hybridized carbons (Fsp3) is 0.0833. The molecule has 0 aliphatic rings. The molecule has 0 spiro atoms. The van der Waals surface area contributed by atoms with Gasteiger partial charge in [-0.05, 0) is 12.1 Å². The van der Waals surface area contributed by atoms with Gasteiger partial charge >= 0.3 is 5.69 Å². The Morgan fingerprint density at radius 2 is 1.95 bits per heavy atom. The van der Waals surface area contributed by atoms with Crippen LogP contribution >= 0.6 is 0 Å². The zero-order valence-corrected chi connectivity index (χ0v) is 10.0. The van der Waals surface area contributed by atoms with E-state index in [2.05, 4.69) is 10.3 Å². The summed E-state index contributed by atoms with van der Waals surface area (Å²) in [4.78, 5) is 38.5. The maximum atomic E-state index is 12.0. The van der Waals surface area contributed by atoms with Crippen LogP contribution in [0.15, 0.2) is 39.9 Å². The first-order valence-corrected chi connectivity index (χ1v) is 5.38. The van der Waals surface area contributed by atoms with Gasteiger partial charge in [-0.15, -0.1) is 0 Å². The number of carbonyl (C=O) groups is 1. The molecular formula is C12H11N3O4. The third kappa shape index (κ3) is 2.89. The van der Waals surface area contributed by atoms with Crippen LogP contribution in [0, 0.1) is 0 Å². The largest absolute Gasteiger partial charge is 0.496 e. The molecule has 1 aromatic heterocycles. The second kappa shape index (κ2) is 5.21. The molecule has 0 aliphatic heterocycles. The normalized spacial score (nSPS) is 9.95. The smallest absolute Gasteiger partial charge is 0.327 e. The van der Waals surface area contributed by atoms with Crippen molar-refractivity contribution in [1.29, 1.82) is 0 Å². The number of aromatic nitrogens is 2. The van der Waals surface area contributed by atoms with Crippen molar-refractivity contribution in [3.8, 4) is 5.75 Å². The fourth-order valence-corrected chi connectivity index (χ4v) is 1.56. The summed E-state index contributed by atoms with van der Waals surface area (Å²) in [5.74, 6) is -0.0736. The minimum atomic E-state index is -0.692. The molecule has 0 unspecified atom stereocenters. The number of hydrogen-bond acceptors (Lipinski definition) is 4. The van der Waals surface area contributed by atoms with E-state index in [0.717, 1.165) is 6.07 Å². The van der Waals surface area contributed by atoms with Gasteiger partial charge in [-0.2, -0.15) is 0 Å². The standard InChI is InChI=1S/C12H11N3O4/c1-19-8-5-3-2-4-7(8)11(17)13-9-6-10(16)15-12(18)14-9/h2-6H,1H3,(H3,13,14,15,16,17,18). The van der Waals surface area contributed by atoms with Gasteiger partial charge in [0.2, 0.25) is 0 Å². The van der Waals surface area contributed by atoms with Gasteiger partial charge < -0.3 is 10.1 Å². The lowest BCUT2D eigenvalue weighted by molar-refractivity contribution is 0.102. The van der Waals surface area contributed by atoms with E-state index in [-0.39, 0.29) is 5.82 Å². The predicted molar refractivity (Wildman–Crippen MR) is 68.6 cm³/mol. The van der Waals surface area contributed by atoms with Gasteiger partial charge in [-0.1, -0.05) is 12.1 Å². The highest BCUT2D eigenvalue weighted by Crippen LogP contribution is 2.17. The summed E-state index contributed by atoms with van der Waals surface area (Å²) in [5, 5.41) is 2.42. The first-order valence-electron chi connectivity index (χ1n) is 5.38. The highest BCUT2D eigenvalue weighted by molar-refractivity contribution is 6.05. The number of H-pyrrole nitrogens is 2. The molecule has 1 amide bonds.